The normalized spacial score (nSPS) is 13.8. The second-order valence-electron chi connectivity index (χ2n) is 18.9. The number of carbonyl (C=O) groups excluding carboxylic acids is 2. The summed E-state index contributed by atoms with van der Waals surface area (Å²) < 4.78 is 28.5. The number of nitrogens with one attached hydrogen (secondary N) is 3. The van der Waals surface area contributed by atoms with E-state index in [0.29, 0.717) is 43.0 Å². The Hall–Kier alpha value is -9.62. The molecule has 8 aromatic rings. The number of allylic oxidation sites excluding steroid dienone is 1. The van der Waals surface area contributed by atoms with E-state index in [4.69, 9.17) is 33.7 Å². The molecule has 3 aliphatic heterocycles. The van der Waals surface area contributed by atoms with Gasteiger partial charge < -0.3 is 39.0 Å². The molecule has 1 atom stereocenters. The molecule has 0 spiro atoms. The Bertz CT molecular complexity index is 3760. The van der Waals surface area contributed by atoms with Crippen molar-refractivity contribution in [2.24, 2.45) is 0 Å². The van der Waals surface area contributed by atoms with Gasteiger partial charge in [-0.3, -0.25) is 4.90 Å². The van der Waals surface area contributed by atoms with Crippen molar-refractivity contribution < 1.29 is 33.3 Å². The van der Waals surface area contributed by atoms with Crippen molar-refractivity contribution >= 4 is 58.4 Å². The van der Waals surface area contributed by atoms with Crippen LogP contribution in [0.2, 0.25) is 0 Å². The summed E-state index contributed by atoms with van der Waals surface area (Å²) in [6.45, 7) is 4.64. The van der Waals surface area contributed by atoms with Gasteiger partial charge in [0.25, 0.3) is 0 Å². The maximum absolute atomic E-state index is 13.5. The van der Waals surface area contributed by atoms with E-state index in [9.17, 15) is 9.59 Å². The lowest BCUT2D eigenvalue weighted by Gasteiger charge is -2.35. The van der Waals surface area contributed by atoms with E-state index in [2.05, 4.69) is 112 Å². The average Bonchev–Trinajstić information content (AvgIpc) is 4.46. The molecule has 6 heterocycles. The highest BCUT2D eigenvalue weighted by Crippen LogP contribution is 2.40. The van der Waals surface area contributed by atoms with Crippen LogP contribution in [-0.4, -0.2) is 77.9 Å². The zero-order chi connectivity index (χ0) is 53.7. The number of carbonyl (C=O) groups is 2. The highest BCUT2D eigenvalue weighted by atomic mass is 16.5. The summed E-state index contributed by atoms with van der Waals surface area (Å²) in [6, 6.07) is 49.3. The van der Waals surface area contributed by atoms with Gasteiger partial charge in [-0.2, -0.15) is 0 Å². The molecule has 0 fully saturated rings. The lowest BCUT2D eigenvalue weighted by molar-refractivity contribution is -0.139. The molecule has 11 rings (SSSR count). The standard InChI is InChI=1S/C65H58N6O7/c1-6-77-64(72)58-40(2)71(65(73)70-63(58)45-12-8-7-9-13-45)38-10-11-39-78-49-28-20-44(21-29-49)62-56-36-34-54(68-56)60(42-16-24-47(75-4)25-17-42)52-32-30-50(66-52)59(41-14-22-46(74-3)23-15-41)51-31-33-53(67-51)61(55-35-37-57(62)69-55)43-18-26-48(76-5)27-19-43/h7-9,12-37,63,66,69H,6,10-11,38-39H2,1-5H3,(H,70,73). The second-order valence-corrected chi connectivity index (χ2v) is 18.9. The molecule has 390 valence electrons. The number of nitrogens with zero attached hydrogens (tertiary/aromatic N) is 3. The lowest BCUT2D eigenvalue weighted by atomic mass is 9.95. The van der Waals surface area contributed by atoms with Gasteiger partial charge in [0.05, 0.1) is 68.9 Å². The Morgan fingerprint density at radius 3 is 1.31 bits per heavy atom. The number of hydrogen-bond donors (Lipinski definition) is 3. The summed E-state index contributed by atoms with van der Waals surface area (Å²) in [4.78, 5) is 46.9. The number of urea groups is 1. The zero-order valence-corrected chi connectivity index (χ0v) is 44.1. The van der Waals surface area contributed by atoms with E-state index >= 15 is 0 Å². The van der Waals surface area contributed by atoms with Crippen molar-refractivity contribution in [3.05, 3.63) is 191 Å². The predicted molar refractivity (Wildman–Crippen MR) is 309 cm³/mol. The number of esters is 1. The van der Waals surface area contributed by atoms with Crippen molar-refractivity contribution in [1.29, 1.82) is 0 Å². The van der Waals surface area contributed by atoms with Crippen LogP contribution in [-0.2, 0) is 9.53 Å². The third kappa shape index (κ3) is 10.1. The van der Waals surface area contributed by atoms with Gasteiger partial charge in [-0.1, -0.05) is 78.9 Å². The topological polar surface area (TPSA) is 153 Å². The Morgan fingerprint density at radius 2 is 0.923 bits per heavy atom. The number of amides is 2. The van der Waals surface area contributed by atoms with Gasteiger partial charge in [-0.05, 0) is 152 Å². The highest BCUT2D eigenvalue weighted by molar-refractivity contribution is 6.00. The summed E-state index contributed by atoms with van der Waals surface area (Å²) in [6.07, 6.45) is 9.62. The molecule has 5 aromatic carbocycles. The lowest BCUT2D eigenvalue weighted by Crippen LogP contribution is -2.48. The van der Waals surface area contributed by atoms with Crippen molar-refractivity contribution in [2.75, 3.05) is 41.1 Å². The number of hydrogen-bond acceptors (Lipinski definition) is 9. The number of ether oxygens (including phenoxy) is 5. The van der Waals surface area contributed by atoms with Crippen LogP contribution in [0.1, 0.15) is 61.1 Å². The third-order valence-electron chi connectivity index (χ3n) is 14.3. The number of aromatic amines is 2. The first-order valence-corrected chi connectivity index (χ1v) is 26.1. The first-order chi connectivity index (χ1) is 38.2. The highest BCUT2D eigenvalue weighted by Gasteiger charge is 2.36. The molecule has 13 heteroatoms. The van der Waals surface area contributed by atoms with Crippen molar-refractivity contribution in [3.8, 4) is 67.5 Å². The van der Waals surface area contributed by atoms with Crippen LogP contribution in [0, 0.1) is 0 Å². The maximum Gasteiger partial charge on any atom is 0.338 e. The van der Waals surface area contributed by atoms with E-state index in [1.807, 2.05) is 85.8 Å². The van der Waals surface area contributed by atoms with Crippen LogP contribution in [0.4, 0.5) is 4.79 Å². The molecule has 1 unspecified atom stereocenters. The van der Waals surface area contributed by atoms with Crippen LogP contribution in [0.25, 0.3) is 90.9 Å². The molecule has 0 saturated heterocycles. The predicted octanol–water partition coefficient (Wildman–Crippen LogP) is 14.1. The minimum atomic E-state index is -0.599. The fraction of sp³-hybridized carbons (Fsp3) is 0.169. The molecule has 0 saturated carbocycles. The number of aromatic nitrogens is 4. The van der Waals surface area contributed by atoms with Crippen LogP contribution in [0.15, 0.2) is 163 Å². The van der Waals surface area contributed by atoms with E-state index in [1.54, 1.807) is 33.2 Å². The molecule has 78 heavy (non-hydrogen) atoms. The van der Waals surface area contributed by atoms with Gasteiger partial charge in [0, 0.05) is 56.6 Å². The fourth-order valence-corrected chi connectivity index (χ4v) is 10.4. The first kappa shape index (κ1) is 50.5. The number of fused-ring (bicyclic) bond motifs is 8. The first-order valence-electron chi connectivity index (χ1n) is 26.1. The Kier molecular flexibility index (Phi) is 14.4. The Morgan fingerprint density at radius 1 is 0.526 bits per heavy atom. The summed E-state index contributed by atoms with van der Waals surface area (Å²) in [5.41, 5.74) is 16.0. The molecule has 8 bridgehead atoms. The molecule has 3 aromatic heterocycles. The molecule has 0 radical (unpaired) electrons. The Labute approximate surface area is 452 Å². The van der Waals surface area contributed by atoms with Gasteiger partial charge in [0.2, 0.25) is 0 Å². The summed E-state index contributed by atoms with van der Waals surface area (Å²) in [5.74, 6) is 2.53. The molecule has 13 nitrogen and oxygen atoms in total. The number of rotatable bonds is 16. The third-order valence-corrected chi connectivity index (χ3v) is 14.3. The number of methoxy groups -OCH3 is 3. The SMILES string of the molecule is CCOC(=O)C1=C(C)N(CCCCOc2ccc(-c3c4nc(c(-c5ccc(OC)cc5)c5ccc([nH]5)c(-c5ccc(OC)cc5)c5nc(c(-c6ccc(OC)cc6)c6ccc3[nH]6)C=C5)C=C4)cc2)C(=O)NC1c1ccccc1. The molecule has 0 aliphatic carbocycles. The molecular formula is C65H58N6O7. The second kappa shape index (κ2) is 22.3. The smallest absolute Gasteiger partial charge is 0.338 e. The van der Waals surface area contributed by atoms with Crippen LogP contribution in [0.3, 0.4) is 0 Å². The summed E-state index contributed by atoms with van der Waals surface area (Å²) in [7, 11) is 5.00. The van der Waals surface area contributed by atoms with Gasteiger partial charge >= 0.3 is 12.0 Å². The minimum absolute atomic E-state index is 0.230. The molecule has 3 N–H and O–H groups in total. The van der Waals surface area contributed by atoms with Gasteiger partial charge in [-0.15, -0.1) is 0 Å². The quantitative estimate of drug-likeness (QED) is 0.0634. The fourth-order valence-electron chi connectivity index (χ4n) is 10.4. The van der Waals surface area contributed by atoms with Crippen LogP contribution >= 0.6 is 0 Å². The van der Waals surface area contributed by atoms with Crippen LogP contribution < -0.4 is 24.3 Å². The maximum atomic E-state index is 13.5. The minimum Gasteiger partial charge on any atom is -0.497 e. The van der Waals surface area contributed by atoms with E-state index < -0.39 is 12.0 Å². The number of benzene rings is 5. The Balaban J connectivity index is 0.977. The van der Waals surface area contributed by atoms with Crippen LogP contribution in [0.5, 0.6) is 23.0 Å². The van der Waals surface area contributed by atoms with E-state index in [0.717, 1.165) is 112 Å². The molecule has 3 aliphatic rings. The number of H-pyrrole nitrogens is 2. The van der Waals surface area contributed by atoms with Crippen molar-refractivity contribution in [2.45, 2.75) is 32.7 Å². The largest absolute Gasteiger partial charge is 0.497 e. The molecule has 2 amide bonds. The summed E-state index contributed by atoms with van der Waals surface area (Å²) in [5, 5.41) is 3.04. The van der Waals surface area contributed by atoms with Gasteiger partial charge in [0.1, 0.15) is 23.0 Å². The summed E-state index contributed by atoms with van der Waals surface area (Å²) >= 11 is 0. The van der Waals surface area contributed by atoms with Crippen molar-refractivity contribution in [1.82, 2.24) is 30.2 Å². The monoisotopic (exact) mass is 1030 g/mol. The van der Waals surface area contributed by atoms with E-state index in [1.165, 1.54) is 0 Å². The van der Waals surface area contributed by atoms with E-state index in [-0.39, 0.29) is 12.6 Å². The zero-order valence-electron chi connectivity index (χ0n) is 44.1. The van der Waals surface area contributed by atoms with Gasteiger partial charge in [0.15, 0.2) is 0 Å². The van der Waals surface area contributed by atoms with Gasteiger partial charge in [-0.25, -0.2) is 19.6 Å². The number of unbranched alkanes of at least 4 members (excludes halogenated alkanes) is 1. The average molecular weight is 1040 g/mol. The molecular weight excluding hydrogens is 977 g/mol. The van der Waals surface area contributed by atoms with Crippen molar-refractivity contribution in [3.63, 3.8) is 0 Å².